The van der Waals surface area contributed by atoms with Gasteiger partial charge >= 0.3 is 0 Å². The van der Waals surface area contributed by atoms with Crippen molar-refractivity contribution in [2.75, 3.05) is 0 Å². The van der Waals surface area contributed by atoms with E-state index >= 15 is 0 Å². The Morgan fingerprint density at radius 3 is 2.38 bits per heavy atom. The van der Waals surface area contributed by atoms with Crippen molar-refractivity contribution < 1.29 is 15.4 Å². The van der Waals surface area contributed by atoms with E-state index in [1.54, 1.807) is 5.06 Å². The molecule has 4 nitrogen and oxygen atoms in total. The van der Waals surface area contributed by atoms with Crippen molar-refractivity contribution in [2.24, 2.45) is 5.92 Å². The molecule has 1 saturated heterocycles. The van der Waals surface area contributed by atoms with E-state index in [1.807, 2.05) is 27.7 Å². The monoisotopic (exact) mass is 189 g/mol. The highest BCUT2D eigenvalue weighted by Gasteiger charge is 2.43. The minimum atomic E-state index is -0.323. The molecule has 0 aromatic carbocycles. The predicted octanol–water partition coefficient (Wildman–Crippen LogP) is 1.26. The Kier molecular flexibility index (Phi) is 2.97. The van der Waals surface area contributed by atoms with E-state index in [1.165, 1.54) is 0 Å². The number of hydroxylamine groups is 2. The maximum atomic E-state index is 9.73. The van der Waals surface area contributed by atoms with Gasteiger partial charge in [-0.05, 0) is 33.1 Å². The summed E-state index contributed by atoms with van der Waals surface area (Å²) >= 11 is 0. The van der Waals surface area contributed by atoms with Crippen molar-refractivity contribution in [3.63, 3.8) is 0 Å². The minimum Gasteiger partial charge on any atom is -0.393 e. The first-order chi connectivity index (χ1) is 5.90. The van der Waals surface area contributed by atoms with E-state index < -0.39 is 0 Å². The molecule has 0 amide bonds. The van der Waals surface area contributed by atoms with Crippen LogP contribution in [0.25, 0.3) is 0 Å². The van der Waals surface area contributed by atoms with Gasteiger partial charge in [-0.1, -0.05) is 6.92 Å². The van der Waals surface area contributed by atoms with Gasteiger partial charge in [0.15, 0.2) is 0 Å². The molecule has 0 aliphatic carbocycles. The summed E-state index contributed by atoms with van der Waals surface area (Å²) in [4.78, 5) is 4.36. The second kappa shape index (κ2) is 3.53. The molecule has 1 aliphatic heterocycles. The number of aliphatic hydroxyl groups excluding tert-OH is 1. The van der Waals surface area contributed by atoms with E-state index in [9.17, 15) is 5.11 Å². The van der Waals surface area contributed by atoms with Gasteiger partial charge in [0.25, 0.3) is 0 Å². The Hall–Kier alpha value is -0.160. The Labute approximate surface area is 79.0 Å². The van der Waals surface area contributed by atoms with E-state index in [0.29, 0.717) is 6.42 Å². The second-order valence-corrected chi connectivity index (χ2v) is 4.59. The molecule has 3 unspecified atom stereocenters. The summed E-state index contributed by atoms with van der Waals surface area (Å²) in [5, 5.41) is 20.0. The summed E-state index contributed by atoms with van der Waals surface area (Å²) in [5.74, 6) is 0.111. The van der Waals surface area contributed by atoms with Crippen molar-refractivity contribution in [1.82, 2.24) is 5.06 Å². The maximum absolute atomic E-state index is 9.73. The molecule has 0 aromatic rings. The molecule has 1 rings (SSSR count). The SMILES string of the molecule is CC1C(O)CC(C)(C)N(OO)C1C. The number of hydrogen-bond acceptors (Lipinski definition) is 4. The molecule has 4 heteroatoms. The Bertz CT molecular complexity index is 184. The van der Waals surface area contributed by atoms with Gasteiger partial charge in [-0.3, -0.25) is 0 Å². The van der Waals surface area contributed by atoms with Crippen LogP contribution in [0, 0.1) is 5.92 Å². The number of aliphatic hydroxyl groups is 1. The van der Waals surface area contributed by atoms with Crippen LogP contribution in [0.3, 0.4) is 0 Å². The predicted molar refractivity (Wildman–Crippen MR) is 48.9 cm³/mol. The molecule has 2 N–H and O–H groups in total. The molecule has 0 aromatic heterocycles. The fraction of sp³-hybridized carbons (Fsp3) is 1.00. The molecule has 1 heterocycles. The van der Waals surface area contributed by atoms with Crippen molar-refractivity contribution in [3.05, 3.63) is 0 Å². The van der Waals surface area contributed by atoms with E-state index in [-0.39, 0.29) is 23.6 Å². The maximum Gasteiger partial charge on any atom is 0.0599 e. The molecule has 0 saturated carbocycles. The summed E-state index contributed by atoms with van der Waals surface area (Å²) in [6.07, 6.45) is 0.287. The quantitative estimate of drug-likeness (QED) is 0.481. The van der Waals surface area contributed by atoms with Crippen LogP contribution in [0.15, 0.2) is 0 Å². The molecule has 1 aliphatic rings. The van der Waals surface area contributed by atoms with Gasteiger partial charge in [-0.15, -0.1) is 10.1 Å². The average Bonchev–Trinajstić information content (AvgIpc) is 2.00. The zero-order chi connectivity index (χ0) is 10.2. The third kappa shape index (κ3) is 1.86. The van der Waals surface area contributed by atoms with Crippen LogP contribution >= 0.6 is 0 Å². The fourth-order valence-corrected chi connectivity index (χ4v) is 2.06. The zero-order valence-corrected chi connectivity index (χ0v) is 8.69. The first kappa shape index (κ1) is 10.9. The molecule has 0 spiro atoms. The third-order valence-electron chi connectivity index (χ3n) is 3.13. The Balaban J connectivity index is 2.82. The highest BCUT2D eigenvalue weighted by molar-refractivity contribution is 4.92. The van der Waals surface area contributed by atoms with Crippen LogP contribution in [0.4, 0.5) is 0 Å². The first-order valence-electron chi connectivity index (χ1n) is 4.69. The molecule has 1 fully saturated rings. The second-order valence-electron chi connectivity index (χ2n) is 4.59. The number of nitrogens with zero attached hydrogens (tertiary/aromatic N) is 1. The van der Waals surface area contributed by atoms with Gasteiger partial charge in [0.05, 0.1) is 6.10 Å². The van der Waals surface area contributed by atoms with Crippen LogP contribution in [0.5, 0.6) is 0 Å². The first-order valence-corrected chi connectivity index (χ1v) is 4.69. The molecule has 3 atom stereocenters. The van der Waals surface area contributed by atoms with Crippen LogP contribution in [0.1, 0.15) is 34.1 Å². The Morgan fingerprint density at radius 1 is 1.38 bits per heavy atom. The van der Waals surface area contributed by atoms with Crippen molar-refractivity contribution in [2.45, 2.75) is 51.8 Å². The molecule has 13 heavy (non-hydrogen) atoms. The topological polar surface area (TPSA) is 52.9 Å². The van der Waals surface area contributed by atoms with Crippen LogP contribution in [-0.4, -0.2) is 33.1 Å². The van der Waals surface area contributed by atoms with Crippen LogP contribution in [0.2, 0.25) is 0 Å². The molecular weight excluding hydrogens is 170 g/mol. The zero-order valence-electron chi connectivity index (χ0n) is 8.69. The van der Waals surface area contributed by atoms with E-state index in [0.717, 1.165) is 0 Å². The van der Waals surface area contributed by atoms with Crippen molar-refractivity contribution >= 4 is 0 Å². The Morgan fingerprint density at radius 2 is 1.92 bits per heavy atom. The lowest BCUT2D eigenvalue weighted by molar-refractivity contribution is -0.445. The molecule has 0 radical (unpaired) electrons. The third-order valence-corrected chi connectivity index (χ3v) is 3.13. The number of rotatable bonds is 1. The van der Waals surface area contributed by atoms with Gasteiger partial charge in [0, 0.05) is 11.6 Å². The summed E-state index contributed by atoms with van der Waals surface area (Å²) in [6.45, 7) is 7.77. The van der Waals surface area contributed by atoms with Crippen LogP contribution < -0.4 is 0 Å². The lowest BCUT2D eigenvalue weighted by atomic mass is 9.80. The van der Waals surface area contributed by atoms with Gasteiger partial charge < -0.3 is 5.11 Å². The van der Waals surface area contributed by atoms with Gasteiger partial charge in [0.1, 0.15) is 0 Å². The molecule has 0 bridgehead atoms. The fourth-order valence-electron chi connectivity index (χ4n) is 2.06. The summed E-state index contributed by atoms with van der Waals surface area (Å²) in [6, 6.07) is 0.0174. The van der Waals surface area contributed by atoms with Gasteiger partial charge in [-0.2, -0.15) is 0 Å². The summed E-state index contributed by atoms with van der Waals surface area (Å²) < 4.78 is 0. The van der Waals surface area contributed by atoms with Gasteiger partial charge in [-0.25, -0.2) is 5.26 Å². The summed E-state index contributed by atoms with van der Waals surface area (Å²) in [5.41, 5.74) is -0.319. The molecular formula is C9H19NO3. The van der Waals surface area contributed by atoms with E-state index in [4.69, 9.17) is 5.26 Å². The van der Waals surface area contributed by atoms with Crippen molar-refractivity contribution in [3.8, 4) is 0 Å². The summed E-state index contributed by atoms with van der Waals surface area (Å²) in [7, 11) is 0. The van der Waals surface area contributed by atoms with Crippen molar-refractivity contribution in [1.29, 1.82) is 0 Å². The smallest absolute Gasteiger partial charge is 0.0599 e. The average molecular weight is 189 g/mol. The lowest BCUT2D eigenvalue weighted by Crippen LogP contribution is -2.58. The standard InChI is InChI=1S/C9H19NO3/c1-6-7(2)10(13-12)9(3,4)5-8(6)11/h6-8,11-12H,5H2,1-4H3. The highest BCUT2D eigenvalue weighted by atomic mass is 17.2. The van der Waals surface area contributed by atoms with Crippen LogP contribution in [-0.2, 0) is 4.99 Å². The largest absolute Gasteiger partial charge is 0.393 e. The van der Waals surface area contributed by atoms with E-state index in [2.05, 4.69) is 4.99 Å². The number of hydrogen-bond donors (Lipinski definition) is 2. The molecule has 78 valence electrons. The van der Waals surface area contributed by atoms with Gasteiger partial charge in [0.2, 0.25) is 0 Å². The minimum absolute atomic E-state index is 0.0174. The lowest BCUT2D eigenvalue weighted by Gasteiger charge is -2.48. The number of piperidine rings is 1. The highest BCUT2D eigenvalue weighted by Crippen LogP contribution is 2.34. The normalized spacial score (nSPS) is 40.6.